The van der Waals surface area contributed by atoms with Crippen molar-refractivity contribution in [1.82, 2.24) is 0 Å². The Morgan fingerprint density at radius 2 is 2.11 bits per heavy atom. The predicted octanol–water partition coefficient (Wildman–Crippen LogP) is 4.42. The number of nitrogens with one attached hydrogen (secondary N) is 1. The van der Waals surface area contributed by atoms with Crippen molar-refractivity contribution < 1.29 is 19.4 Å². The molecule has 0 aliphatic heterocycles. The second kappa shape index (κ2) is 9.21. The lowest BCUT2D eigenvalue weighted by Gasteiger charge is -2.09. The number of halogens is 2. The number of nitrogens with zero attached hydrogens (tertiary/aromatic N) is 1. The van der Waals surface area contributed by atoms with E-state index in [0.717, 1.165) is 0 Å². The summed E-state index contributed by atoms with van der Waals surface area (Å²) in [4.78, 5) is 23.0. The summed E-state index contributed by atoms with van der Waals surface area (Å²) in [5.41, 5.74) is 1.69. The molecule has 2 N–H and O–H groups in total. The molecule has 2 rings (SSSR count). The zero-order valence-electron chi connectivity index (χ0n) is 14.1. The highest BCUT2D eigenvalue weighted by Gasteiger charge is 2.12. The number of ether oxygens (including phenoxy) is 1. The number of carbonyl (C=O) groups is 2. The van der Waals surface area contributed by atoms with E-state index < -0.39 is 18.5 Å². The van der Waals surface area contributed by atoms with Crippen LogP contribution < -0.4 is 10.1 Å². The van der Waals surface area contributed by atoms with Crippen LogP contribution >= 0.6 is 27.5 Å². The molecular weight excluding hydrogens is 436 g/mol. The summed E-state index contributed by atoms with van der Waals surface area (Å²) in [6.45, 7) is 1.29. The van der Waals surface area contributed by atoms with Gasteiger partial charge >= 0.3 is 5.97 Å². The lowest BCUT2D eigenvalue weighted by atomic mass is 10.1. The molecular formula is C19H14BrClN2O4. The topological polar surface area (TPSA) is 99.4 Å². The summed E-state index contributed by atoms with van der Waals surface area (Å²) < 4.78 is 5.61. The van der Waals surface area contributed by atoms with Gasteiger partial charge in [0, 0.05) is 10.7 Å². The maximum Gasteiger partial charge on any atom is 0.341 e. The van der Waals surface area contributed by atoms with Crippen LogP contribution in [0.2, 0.25) is 5.02 Å². The Hall–Kier alpha value is -2.82. The first-order valence-corrected chi connectivity index (χ1v) is 8.81. The van der Waals surface area contributed by atoms with Crippen molar-refractivity contribution in [3.05, 3.63) is 62.6 Å². The van der Waals surface area contributed by atoms with Crippen LogP contribution in [-0.2, 0) is 9.59 Å². The molecule has 0 heterocycles. The molecule has 0 aliphatic carbocycles. The Bertz CT molecular complexity index is 967. The van der Waals surface area contributed by atoms with Gasteiger partial charge in [-0.2, -0.15) is 5.26 Å². The average Bonchev–Trinajstić information content (AvgIpc) is 2.62. The number of benzene rings is 2. The Balaban J connectivity index is 2.21. The first-order chi connectivity index (χ1) is 12.8. The predicted molar refractivity (Wildman–Crippen MR) is 106 cm³/mol. The fourth-order valence-corrected chi connectivity index (χ4v) is 2.80. The molecule has 2 aromatic rings. The van der Waals surface area contributed by atoms with Gasteiger partial charge in [-0.25, -0.2) is 4.79 Å². The fraction of sp³-hybridized carbons (Fsp3) is 0.105. The third-order valence-electron chi connectivity index (χ3n) is 3.50. The SMILES string of the molecule is Cc1c(Cl)cccc1NC(=O)/C(C#N)=C\c1ccc(OCC(=O)O)c(Br)c1. The first kappa shape index (κ1) is 20.5. The normalized spacial score (nSPS) is 10.8. The van der Waals surface area contributed by atoms with E-state index in [1.54, 1.807) is 43.3 Å². The van der Waals surface area contributed by atoms with Gasteiger partial charge in [0.15, 0.2) is 6.61 Å². The van der Waals surface area contributed by atoms with Gasteiger partial charge < -0.3 is 15.2 Å². The van der Waals surface area contributed by atoms with Crippen molar-refractivity contribution in [3.8, 4) is 11.8 Å². The molecule has 0 bridgehead atoms. The minimum Gasteiger partial charge on any atom is -0.481 e. The van der Waals surface area contributed by atoms with E-state index in [2.05, 4.69) is 21.2 Å². The number of aliphatic carboxylic acids is 1. The number of nitriles is 1. The van der Waals surface area contributed by atoms with Crippen molar-refractivity contribution >= 4 is 51.2 Å². The highest BCUT2D eigenvalue weighted by Crippen LogP contribution is 2.27. The molecule has 0 saturated carbocycles. The van der Waals surface area contributed by atoms with Gasteiger partial charge in [-0.3, -0.25) is 4.79 Å². The standard InChI is InChI=1S/C19H14BrClN2O4/c1-11-15(21)3-2-4-16(11)23-19(26)13(9-22)7-12-5-6-17(14(20)8-12)27-10-18(24)25/h2-8H,10H2,1H3,(H,23,26)(H,24,25)/b13-7-. The number of carboxylic acids is 1. The summed E-state index contributed by atoms with van der Waals surface area (Å²) in [7, 11) is 0. The molecule has 0 unspecified atom stereocenters. The van der Waals surface area contributed by atoms with Crippen LogP contribution in [0.3, 0.4) is 0 Å². The number of hydrogen-bond acceptors (Lipinski definition) is 4. The zero-order chi connectivity index (χ0) is 20.0. The fourth-order valence-electron chi connectivity index (χ4n) is 2.11. The molecule has 0 spiro atoms. The molecule has 0 aliphatic rings. The van der Waals surface area contributed by atoms with Crippen LogP contribution in [0.4, 0.5) is 5.69 Å². The molecule has 138 valence electrons. The van der Waals surface area contributed by atoms with Crippen LogP contribution in [0.1, 0.15) is 11.1 Å². The smallest absolute Gasteiger partial charge is 0.341 e. The molecule has 0 aromatic heterocycles. The lowest BCUT2D eigenvalue weighted by Crippen LogP contribution is -2.14. The largest absolute Gasteiger partial charge is 0.481 e. The maximum absolute atomic E-state index is 12.4. The summed E-state index contributed by atoms with van der Waals surface area (Å²) in [6.07, 6.45) is 1.42. The molecule has 0 radical (unpaired) electrons. The van der Waals surface area contributed by atoms with E-state index in [0.29, 0.717) is 32.1 Å². The lowest BCUT2D eigenvalue weighted by molar-refractivity contribution is -0.139. The molecule has 8 heteroatoms. The number of carboxylic acid groups (broad SMARTS) is 1. The van der Waals surface area contributed by atoms with Gasteiger partial charge in [0.05, 0.1) is 4.47 Å². The summed E-state index contributed by atoms with van der Waals surface area (Å²) >= 11 is 9.31. The Labute approximate surface area is 169 Å². The highest BCUT2D eigenvalue weighted by molar-refractivity contribution is 9.10. The van der Waals surface area contributed by atoms with Crippen molar-refractivity contribution in [1.29, 1.82) is 5.26 Å². The van der Waals surface area contributed by atoms with E-state index in [4.69, 9.17) is 21.4 Å². The quantitative estimate of drug-likeness (QED) is 0.502. The minimum atomic E-state index is -1.09. The van der Waals surface area contributed by atoms with Crippen molar-refractivity contribution in [2.45, 2.75) is 6.92 Å². The zero-order valence-corrected chi connectivity index (χ0v) is 16.5. The van der Waals surface area contributed by atoms with Gasteiger partial charge in [-0.05, 0) is 64.3 Å². The van der Waals surface area contributed by atoms with Gasteiger partial charge in [-0.1, -0.05) is 23.7 Å². The van der Waals surface area contributed by atoms with Gasteiger partial charge in [0.1, 0.15) is 17.4 Å². The molecule has 0 saturated heterocycles. The number of anilines is 1. The number of rotatable bonds is 6. The number of amides is 1. The second-order valence-electron chi connectivity index (χ2n) is 5.41. The van der Waals surface area contributed by atoms with Crippen molar-refractivity contribution in [3.63, 3.8) is 0 Å². The van der Waals surface area contributed by atoms with Gasteiger partial charge in [0.2, 0.25) is 0 Å². The Morgan fingerprint density at radius 3 is 2.74 bits per heavy atom. The van der Waals surface area contributed by atoms with Crippen LogP contribution in [0.5, 0.6) is 5.75 Å². The Kier molecular flexibility index (Phi) is 6.99. The molecule has 0 atom stereocenters. The third-order valence-corrected chi connectivity index (χ3v) is 4.53. The number of hydrogen-bond donors (Lipinski definition) is 2. The molecule has 0 fully saturated rings. The molecule has 6 nitrogen and oxygen atoms in total. The second-order valence-corrected chi connectivity index (χ2v) is 6.67. The monoisotopic (exact) mass is 448 g/mol. The van der Waals surface area contributed by atoms with Crippen LogP contribution in [0.25, 0.3) is 6.08 Å². The average molecular weight is 450 g/mol. The summed E-state index contributed by atoms with van der Waals surface area (Å²) in [6, 6.07) is 11.7. The first-order valence-electron chi connectivity index (χ1n) is 7.64. The number of carbonyl (C=O) groups excluding carboxylic acids is 1. The third kappa shape index (κ3) is 5.58. The van der Waals surface area contributed by atoms with E-state index in [9.17, 15) is 14.9 Å². The van der Waals surface area contributed by atoms with Gasteiger partial charge in [0.25, 0.3) is 5.91 Å². The van der Waals surface area contributed by atoms with E-state index >= 15 is 0 Å². The van der Waals surface area contributed by atoms with Crippen molar-refractivity contribution in [2.24, 2.45) is 0 Å². The highest BCUT2D eigenvalue weighted by atomic mass is 79.9. The van der Waals surface area contributed by atoms with Crippen LogP contribution in [0, 0.1) is 18.3 Å². The van der Waals surface area contributed by atoms with Crippen LogP contribution in [0.15, 0.2) is 46.4 Å². The van der Waals surface area contributed by atoms with Gasteiger partial charge in [-0.15, -0.1) is 0 Å². The Morgan fingerprint density at radius 1 is 1.37 bits per heavy atom. The van der Waals surface area contributed by atoms with E-state index in [-0.39, 0.29) is 5.57 Å². The van der Waals surface area contributed by atoms with E-state index in [1.807, 2.05) is 6.07 Å². The molecule has 27 heavy (non-hydrogen) atoms. The summed E-state index contributed by atoms with van der Waals surface area (Å²) in [5.74, 6) is -1.32. The molecule has 1 amide bonds. The van der Waals surface area contributed by atoms with Crippen molar-refractivity contribution in [2.75, 3.05) is 11.9 Å². The minimum absolute atomic E-state index is 0.0968. The maximum atomic E-state index is 12.4. The van der Waals surface area contributed by atoms with Crippen LogP contribution in [-0.4, -0.2) is 23.6 Å². The molecule has 2 aromatic carbocycles. The van der Waals surface area contributed by atoms with E-state index in [1.165, 1.54) is 6.08 Å². The summed E-state index contributed by atoms with van der Waals surface area (Å²) in [5, 5.41) is 21.1.